The maximum Gasteiger partial charge on any atom is 0.271 e. The fourth-order valence-corrected chi connectivity index (χ4v) is 3.90. The lowest BCUT2D eigenvalue weighted by Gasteiger charge is -2.07. The standard InChI is InChI=1S/C13H17N3O2S2/c1-3-8-14-12-6-5-11(9-15-12)16-20(17,18)13-7-4-10(2)19-13/h4-7,9,16H,3,8H2,1-2H3,(H,14,15). The van der Waals surface area contributed by atoms with E-state index in [0.29, 0.717) is 9.90 Å². The van der Waals surface area contributed by atoms with Gasteiger partial charge in [-0.1, -0.05) is 6.92 Å². The van der Waals surface area contributed by atoms with Crippen molar-refractivity contribution in [2.24, 2.45) is 0 Å². The van der Waals surface area contributed by atoms with E-state index in [2.05, 4.69) is 21.9 Å². The molecule has 0 amide bonds. The smallest absolute Gasteiger partial charge is 0.271 e. The number of nitrogens with one attached hydrogen (secondary N) is 2. The maximum atomic E-state index is 12.1. The molecule has 0 spiro atoms. The number of hydrogen-bond acceptors (Lipinski definition) is 5. The second kappa shape index (κ2) is 6.23. The first-order chi connectivity index (χ1) is 9.51. The molecule has 2 N–H and O–H groups in total. The third-order valence-corrected chi connectivity index (χ3v) is 5.43. The Morgan fingerprint density at radius 3 is 2.60 bits per heavy atom. The van der Waals surface area contributed by atoms with Gasteiger partial charge in [0.15, 0.2) is 0 Å². The van der Waals surface area contributed by atoms with Gasteiger partial charge in [0.1, 0.15) is 10.0 Å². The third-order valence-electron chi connectivity index (χ3n) is 2.55. The van der Waals surface area contributed by atoms with Gasteiger partial charge in [-0.2, -0.15) is 0 Å². The molecule has 0 radical (unpaired) electrons. The van der Waals surface area contributed by atoms with Gasteiger partial charge in [-0.25, -0.2) is 13.4 Å². The van der Waals surface area contributed by atoms with Crippen molar-refractivity contribution < 1.29 is 8.42 Å². The molecule has 7 heteroatoms. The summed E-state index contributed by atoms with van der Waals surface area (Å²) in [6.07, 6.45) is 2.52. The number of aromatic nitrogens is 1. The van der Waals surface area contributed by atoms with Gasteiger partial charge in [-0.15, -0.1) is 11.3 Å². The molecule has 0 aromatic carbocycles. The molecule has 108 valence electrons. The van der Waals surface area contributed by atoms with Crippen molar-refractivity contribution in [3.63, 3.8) is 0 Å². The van der Waals surface area contributed by atoms with Crippen LogP contribution in [0.5, 0.6) is 0 Å². The number of rotatable bonds is 6. The maximum absolute atomic E-state index is 12.1. The minimum absolute atomic E-state index is 0.309. The molecule has 2 aromatic heterocycles. The SMILES string of the molecule is CCCNc1ccc(NS(=O)(=O)c2ccc(C)s2)cn1. The highest BCUT2D eigenvalue weighted by Gasteiger charge is 2.16. The van der Waals surface area contributed by atoms with Crippen molar-refractivity contribution in [3.05, 3.63) is 35.3 Å². The molecule has 0 aliphatic carbocycles. The Labute approximate surface area is 123 Å². The molecular formula is C13H17N3O2S2. The topological polar surface area (TPSA) is 71.1 Å². The molecule has 0 bridgehead atoms. The zero-order chi connectivity index (χ0) is 14.6. The van der Waals surface area contributed by atoms with Crippen LogP contribution in [0.15, 0.2) is 34.7 Å². The number of thiophene rings is 1. The van der Waals surface area contributed by atoms with Gasteiger partial charge in [0.25, 0.3) is 10.0 Å². The quantitative estimate of drug-likeness (QED) is 0.860. The summed E-state index contributed by atoms with van der Waals surface area (Å²) in [5.41, 5.74) is 0.457. The van der Waals surface area contributed by atoms with Gasteiger partial charge in [0, 0.05) is 11.4 Å². The highest BCUT2D eigenvalue weighted by atomic mass is 32.2. The first-order valence-corrected chi connectivity index (χ1v) is 8.60. The summed E-state index contributed by atoms with van der Waals surface area (Å²) in [6, 6.07) is 6.85. The van der Waals surface area contributed by atoms with Crippen molar-refractivity contribution in [1.82, 2.24) is 4.98 Å². The predicted octanol–water partition coefficient (Wildman–Crippen LogP) is 3.07. The van der Waals surface area contributed by atoms with E-state index in [9.17, 15) is 8.42 Å². The number of aryl methyl sites for hydroxylation is 1. The second-order valence-electron chi connectivity index (χ2n) is 4.33. The predicted molar refractivity (Wildman–Crippen MR) is 82.9 cm³/mol. The van der Waals surface area contributed by atoms with E-state index in [1.165, 1.54) is 17.5 Å². The molecule has 0 atom stereocenters. The summed E-state index contributed by atoms with van der Waals surface area (Å²) in [4.78, 5) is 5.13. The van der Waals surface area contributed by atoms with Crippen molar-refractivity contribution in [2.45, 2.75) is 24.5 Å². The van der Waals surface area contributed by atoms with Crippen LogP contribution in [-0.2, 0) is 10.0 Å². The second-order valence-corrected chi connectivity index (χ2v) is 7.53. The fourth-order valence-electron chi connectivity index (χ4n) is 1.57. The molecule has 20 heavy (non-hydrogen) atoms. The lowest BCUT2D eigenvalue weighted by Crippen LogP contribution is -2.11. The molecule has 5 nitrogen and oxygen atoms in total. The van der Waals surface area contributed by atoms with E-state index in [1.807, 2.05) is 6.92 Å². The van der Waals surface area contributed by atoms with Gasteiger partial charge in [-0.3, -0.25) is 4.72 Å². The van der Waals surface area contributed by atoms with E-state index >= 15 is 0 Å². The Balaban J connectivity index is 2.09. The van der Waals surface area contributed by atoms with Crippen LogP contribution in [0.1, 0.15) is 18.2 Å². The van der Waals surface area contributed by atoms with Gasteiger partial charge in [0.05, 0.1) is 11.9 Å². The lowest BCUT2D eigenvalue weighted by molar-refractivity contribution is 0.603. The number of pyridine rings is 1. The van der Waals surface area contributed by atoms with Gasteiger partial charge < -0.3 is 5.32 Å². The van der Waals surface area contributed by atoms with Gasteiger partial charge in [-0.05, 0) is 37.6 Å². The largest absolute Gasteiger partial charge is 0.370 e. The number of sulfonamides is 1. The summed E-state index contributed by atoms with van der Waals surface area (Å²) in [5.74, 6) is 0.738. The monoisotopic (exact) mass is 311 g/mol. The van der Waals surface area contributed by atoms with Crippen LogP contribution in [0.3, 0.4) is 0 Å². The summed E-state index contributed by atoms with van der Waals surface area (Å²) < 4.78 is 27.1. The van der Waals surface area contributed by atoms with Crippen LogP contribution in [-0.4, -0.2) is 19.9 Å². The Hall–Kier alpha value is -1.60. The summed E-state index contributed by atoms with van der Waals surface area (Å²) in [5, 5.41) is 3.13. The number of anilines is 2. The average molecular weight is 311 g/mol. The van der Waals surface area contributed by atoms with E-state index in [4.69, 9.17) is 0 Å². The molecule has 0 saturated heterocycles. The third kappa shape index (κ3) is 3.71. The Kier molecular flexibility index (Phi) is 4.61. The van der Waals surface area contributed by atoms with Crippen molar-refractivity contribution in [2.75, 3.05) is 16.6 Å². The summed E-state index contributed by atoms with van der Waals surface area (Å²) >= 11 is 1.24. The van der Waals surface area contributed by atoms with Crippen molar-refractivity contribution in [1.29, 1.82) is 0 Å². The van der Waals surface area contributed by atoms with Gasteiger partial charge >= 0.3 is 0 Å². The first kappa shape index (κ1) is 14.8. The van der Waals surface area contributed by atoms with Crippen LogP contribution in [0.2, 0.25) is 0 Å². The normalized spacial score (nSPS) is 11.3. The zero-order valence-corrected chi connectivity index (χ0v) is 13.0. The molecule has 2 heterocycles. The van der Waals surface area contributed by atoms with Crippen LogP contribution in [0.4, 0.5) is 11.5 Å². The molecule has 0 fully saturated rings. The lowest BCUT2D eigenvalue weighted by atomic mass is 10.4. The highest BCUT2D eigenvalue weighted by molar-refractivity contribution is 7.94. The highest BCUT2D eigenvalue weighted by Crippen LogP contribution is 2.23. The van der Waals surface area contributed by atoms with Crippen LogP contribution in [0, 0.1) is 6.92 Å². The van der Waals surface area contributed by atoms with Crippen molar-refractivity contribution in [3.8, 4) is 0 Å². The summed E-state index contributed by atoms with van der Waals surface area (Å²) in [6.45, 7) is 4.78. The molecule has 2 aromatic rings. The first-order valence-electron chi connectivity index (χ1n) is 6.30. The molecular weight excluding hydrogens is 294 g/mol. The molecule has 0 aliphatic heterocycles. The van der Waals surface area contributed by atoms with Crippen LogP contribution >= 0.6 is 11.3 Å². The van der Waals surface area contributed by atoms with E-state index in [0.717, 1.165) is 23.7 Å². The molecule has 2 rings (SSSR count). The van der Waals surface area contributed by atoms with E-state index < -0.39 is 10.0 Å². The molecule has 0 aliphatic rings. The zero-order valence-electron chi connectivity index (χ0n) is 11.4. The van der Waals surface area contributed by atoms with Gasteiger partial charge in [0.2, 0.25) is 0 Å². The molecule has 0 saturated carbocycles. The molecule has 0 unspecified atom stereocenters. The van der Waals surface area contributed by atoms with Crippen LogP contribution in [0.25, 0.3) is 0 Å². The minimum Gasteiger partial charge on any atom is -0.370 e. The Morgan fingerprint density at radius 2 is 2.05 bits per heavy atom. The minimum atomic E-state index is -3.51. The summed E-state index contributed by atoms with van der Waals surface area (Å²) in [7, 11) is -3.51. The number of hydrogen-bond donors (Lipinski definition) is 2. The Morgan fingerprint density at radius 1 is 1.25 bits per heavy atom. The fraction of sp³-hybridized carbons (Fsp3) is 0.308. The van der Waals surface area contributed by atoms with Crippen LogP contribution < -0.4 is 10.0 Å². The average Bonchev–Trinajstić information content (AvgIpc) is 2.85. The van der Waals surface area contributed by atoms with Crippen molar-refractivity contribution >= 4 is 32.9 Å². The Bertz CT molecular complexity index is 663. The number of nitrogens with zero attached hydrogens (tertiary/aromatic N) is 1. The van der Waals surface area contributed by atoms with E-state index in [1.54, 1.807) is 24.3 Å². The van der Waals surface area contributed by atoms with E-state index in [-0.39, 0.29) is 0 Å².